The van der Waals surface area contributed by atoms with Crippen LogP contribution in [0.2, 0.25) is 0 Å². The van der Waals surface area contributed by atoms with Crippen LogP contribution in [0, 0.1) is 0 Å². The Morgan fingerprint density at radius 2 is 2.00 bits per heavy atom. The second-order valence-electron chi connectivity index (χ2n) is 5.39. The summed E-state index contributed by atoms with van der Waals surface area (Å²) in [5, 5.41) is 6.34. The van der Waals surface area contributed by atoms with Crippen molar-refractivity contribution in [2.75, 3.05) is 12.3 Å². The molecule has 116 valence electrons. The monoisotopic (exact) mass is 310 g/mol. The maximum Gasteiger partial charge on any atom is 0.251 e. The average molecular weight is 310 g/mol. The third-order valence-corrected chi connectivity index (χ3v) is 5.68. The molecule has 0 aliphatic carbocycles. The van der Waals surface area contributed by atoms with E-state index >= 15 is 0 Å². The molecule has 1 amide bonds. The van der Waals surface area contributed by atoms with Crippen LogP contribution in [0.15, 0.2) is 29.2 Å². The number of hydrogen-bond acceptors (Lipinski definition) is 4. The van der Waals surface area contributed by atoms with Crippen molar-refractivity contribution in [3.63, 3.8) is 0 Å². The molecule has 2 rings (SSSR count). The number of piperidine rings is 1. The van der Waals surface area contributed by atoms with Gasteiger partial charge in [0.05, 0.1) is 10.6 Å². The van der Waals surface area contributed by atoms with Crippen molar-refractivity contribution in [2.24, 2.45) is 0 Å². The molecule has 0 radical (unpaired) electrons. The first-order chi connectivity index (χ1) is 9.94. The summed E-state index contributed by atoms with van der Waals surface area (Å²) < 4.78 is 23.5. The molecule has 5 nitrogen and oxygen atoms in total. The first-order valence-electron chi connectivity index (χ1n) is 7.31. The molecule has 1 aliphatic rings. The molecule has 0 saturated carbocycles. The van der Waals surface area contributed by atoms with Crippen molar-refractivity contribution >= 4 is 15.7 Å². The molecule has 6 heteroatoms. The molecule has 2 atom stereocenters. The van der Waals surface area contributed by atoms with Gasteiger partial charge in [-0.3, -0.25) is 4.79 Å². The molecule has 1 aromatic carbocycles. The van der Waals surface area contributed by atoms with Crippen molar-refractivity contribution in [3.8, 4) is 0 Å². The average Bonchev–Trinajstić information content (AvgIpc) is 2.49. The van der Waals surface area contributed by atoms with E-state index in [4.69, 9.17) is 0 Å². The van der Waals surface area contributed by atoms with Gasteiger partial charge in [0.1, 0.15) is 0 Å². The third-order valence-electron chi connectivity index (χ3n) is 3.93. The molecular formula is C15H22N2O3S. The first-order valence-corrected chi connectivity index (χ1v) is 8.96. The highest BCUT2D eigenvalue weighted by molar-refractivity contribution is 7.91. The number of amides is 1. The van der Waals surface area contributed by atoms with Crippen LogP contribution >= 0.6 is 0 Å². The lowest BCUT2D eigenvalue weighted by atomic mass is 9.99. The van der Waals surface area contributed by atoms with E-state index in [1.54, 1.807) is 19.1 Å². The predicted octanol–water partition coefficient (Wildman–Crippen LogP) is 1.35. The van der Waals surface area contributed by atoms with Gasteiger partial charge in [0.2, 0.25) is 0 Å². The van der Waals surface area contributed by atoms with E-state index in [0.29, 0.717) is 5.56 Å². The van der Waals surface area contributed by atoms with Crippen molar-refractivity contribution in [1.29, 1.82) is 0 Å². The minimum Gasteiger partial charge on any atom is -0.348 e. The lowest BCUT2D eigenvalue weighted by Gasteiger charge is -2.30. The Labute approximate surface area is 126 Å². The Hall–Kier alpha value is -1.40. The quantitative estimate of drug-likeness (QED) is 0.880. The molecule has 2 N–H and O–H groups in total. The minimum atomic E-state index is -3.22. The second kappa shape index (κ2) is 6.58. The maximum atomic E-state index is 12.2. The zero-order valence-electron chi connectivity index (χ0n) is 12.4. The molecular weight excluding hydrogens is 288 g/mol. The largest absolute Gasteiger partial charge is 0.348 e. The highest BCUT2D eigenvalue weighted by Gasteiger charge is 2.23. The highest BCUT2D eigenvalue weighted by atomic mass is 32.2. The van der Waals surface area contributed by atoms with E-state index in [2.05, 4.69) is 17.6 Å². The van der Waals surface area contributed by atoms with E-state index in [0.717, 1.165) is 19.4 Å². The van der Waals surface area contributed by atoms with E-state index in [9.17, 15) is 13.2 Å². The van der Waals surface area contributed by atoms with Gasteiger partial charge in [0, 0.05) is 17.6 Å². The van der Waals surface area contributed by atoms with E-state index in [-0.39, 0.29) is 28.6 Å². The van der Waals surface area contributed by atoms with Crippen molar-refractivity contribution in [3.05, 3.63) is 29.8 Å². The number of carbonyl (C=O) groups is 1. The van der Waals surface area contributed by atoms with Gasteiger partial charge in [-0.15, -0.1) is 0 Å². The Morgan fingerprint density at radius 3 is 2.57 bits per heavy atom. The summed E-state index contributed by atoms with van der Waals surface area (Å²) >= 11 is 0. The van der Waals surface area contributed by atoms with Crippen molar-refractivity contribution < 1.29 is 13.2 Å². The number of carbonyl (C=O) groups excluding carboxylic acids is 1. The van der Waals surface area contributed by atoms with Crippen molar-refractivity contribution in [2.45, 2.75) is 43.7 Å². The van der Waals surface area contributed by atoms with Gasteiger partial charge < -0.3 is 10.6 Å². The Morgan fingerprint density at radius 1 is 1.33 bits per heavy atom. The predicted molar refractivity (Wildman–Crippen MR) is 82.1 cm³/mol. The first kappa shape index (κ1) is 16.0. The standard InChI is InChI=1S/C15H22N2O3S/c1-3-21(19,20)13-8-6-12(7-9-13)15(18)17-14-5-4-10-16-11(14)2/h6-9,11,14,16H,3-5,10H2,1-2H3,(H,17,18). The smallest absolute Gasteiger partial charge is 0.251 e. The summed E-state index contributed by atoms with van der Waals surface area (Å²) in [6.07, 6.45) is 2.01. The normalized spacial score (nSPS) is 22.8. The summed E-state index contributed by atoms with van der Waals surface area (Å²) in [6.45, 7) is 4.64. The van der Waals surface area contributed by atoms with Crippen LogP contribution < -0.4 is 10.6 Å². The fourth-order valence-corrected chi connectivity index (χ4v) is 3.36. The van der Waals surface area contributed by atoms with Crippen molar-refractivity contribution in [1.82, 2.24) is 10.6 Å². The second-order valence-corrected chi connectivity index (χ2v) is 7.67. The van der Waals surface area contributed by atoms with E-state index < -0.39 is 9.84 Å². The molecule has 1 heterocycles. The Bertz CT molecular complexity index is 596. The van der Waals surface area contributed by atoms with Crippen LogP contribution in [0.25, 0.3) is 0 Å². The van der Waals surface area contributed by atoms with Gasteiger partial charge in [0.25, 0.3) is 5.91 Å². The number of hydrogen-bond donors (Lipinski definition) is 2. The summed E-state index contributed by atoms with van der Waals surface area (Å²) in [6, 6.07) is 6.50. The van der Waals surface area contributed by atoms with Gasteiger partial charge in [-0.2, -0.15) is 0 Å². The van der Waals surface area contributed by atoms with Gasteiger partial charge >= 0.3 is 0 Å². The fourth-order valence-electron chi connectivity index (χ4n) is 2.47. The number of rotatable bonds is 4. The SMILES string of the molecule is CCS(=O)(=O)c1ccc(C(=O)NC2CCCNC2C)cc1. The van der Waals surface area contributed by atoms with Crippen LogP contribution in [0.3, 0.4) is 0 Å². The Kier molecular flexibility index (Phi) is 5.00. The van der Waals surface area contributed by atoms with Crippen LogP contribution in [-0.4, -0.2) is 38.7 Å². The minimum absolute atomic E-state index is 0.0593. The molecule has 2 unspecified atom stereocenters. The third kappa shape index (κ3) is 3.83. The van der Waals surface area contributed by atoms with Gasteiger partial charge in [0.15, 0.2) is 9.84 Å². The molecule has 1 aromatic rings. The highest BCUT2D eigenvalue weighted by Crippen LogP contribution is 2.14. The lowest BCUT2D eigenvalue weighted by Crippen LogP contribution is -2.51. The van der Waals surface area contributed by atoms with E-state index in [1.165, 1.54) is 12.1 Å². The van der Waals surface area contributed by atoms with Crippen LogP contribution in [0.1, 0.15) is 37.0 Å². The van der Waals surface area contributed by atoms with Gasteiger partial charge in [-0.25, -0.2) is 8.42 Å². The van der Waals surface area contributed by atoms with Crippen LogP contribution in [0.4, 0.5) is 0 Å². The zero-order chi connectivity index (χ0) is 15.5. The molecule has 21 heavy (non-hydrogen) atoms. The molecule has 1 saturated heterocycles. The fraction of sp³-hybridized carbons (Fsp3) is 0.533. The topological polar surface area (TPSA) is 75.3 Å². The maximum absolute atomic E-state index is 12.2. The molecule has 1 fully saturated rings. The number of benzene rings is 1. The number of sulfone groups is 1. The van der Waals surface area contributed by atoms with Crippen LogP contribution in [-0.2, 0) is 9.84 Å². The van der Waals surface area contributed by atoms with E-state index in [1.807, 2.05) is 0 Å². The molecule has 0 aromatic heterocycles. The molecule has 0 spiro atoms. The molecule has 1 aliphatic heterocycles. The van der Waals surface area contributed by atoms with Gasteiger partial charge in [-0.1, -0.05) is 6.92 Å². The van der Waals surface area contributed by atoms with Crippen LogP contribution in [0.5, 0.6) is 0 Å². The van der Waals surface area contributed by atoms with Gasteiger partial charge in [-0.05, 0) is 50.6 Å². The Balaban J connectivity index is 2.06. The zero-order valence-corrected chi connectivity index (χ0v) is 13.2. The summed E-state index contributed by atoms with van der Waals surface area (Å²) in [7, 11) is -3.22. The number of nitrogens with one attached hydrogen (secondary N) is 2. The summed E-state index contributed by atoms with van der Waals surface area (Å²) in [4.78, 5) is 12.5. The molecule has 0 bridgehead atoms. The lowest BCUT2D eigenvalue weighted by molar-refractivity contribution is 0.0919. The summed E-state index contributed by atoms with van der Waals surface area (Å²) in [5.74, 6) is -0.0972. The summed E-state index contributed by atoms with van der Waals surface area (Å²) in [5.41, 5.74) is 0.489.